The number of aliphatic hydroxyl groups is 1. The predicted molar refractivity (Wildman–Crippen MR) is 93.1 cm³/mol. The number of aliphatic hydroxyl groups excluding tert-OH is 1. The summed E-state index contributed by atoms with van der Waals surface area (Å²) in [4.78, 5) is 13.0. The third kappa shape index (κ3) is 2.98. The highest BCUT2D eigenvalue weighted by atomic mass is 16.6. The van der Waals surface area contributed by atoms with Crippen LogP contribution in [-0.2, 0) is 6.42 Å². The third-order valence-corrected chi connectivity index (χ3v) is 4.20. The summed E-state index contributed by atoms with van der Waals surface area (Å²) in [6, 6.07) is 6.25. The van der Waals surface area contributed by atoms with Gasteiger partial charge in [0.05, 0.1) is 5.56 Å². The zero-order chi connectivity index (χ0) is 18.3. The first-order chi connectivity index (χ1) is 11.8. The van der Waals surface area contributed by atoms with Crippen LogP contribution in [0.2, 0.25) is 0 Å². The molecular formula is C20H20O5. The largest absolute Gasteiger partial charge is 0.507 e. The van der Waals surface area contributed by atoms with Gasteiger partial charge in [-0.3, -0.25) is 4.79 Å². The summed E-state index contributed by atoms with van der Waals surface area (Å²) in [7, 11) is 0. The molecule has 0 bridgehead atoms. The Morgan fingerprint density at radius 3 is 2.60 bits per heavy atom. The molecule has 0 radical (unpaired) electrons. The van der Waals surface area contributed by atoms with Crippen LogP contribution >= 0.6 is 0 Å². The Bertz CT molecular complexity index is 891. The van der Waals surface area contributed by atoms with Crippen LogP contribution in [0.15, 0.2) is 35.9 Å². The van der Waals surface area contributed by atoms with E-state index in [4.69, 9.17) is 4.74 Å². The number of benzene rings is 2. The van der Waals surface area contributed by atoms with Crippen LogP contribution in [0, 0.1) is 6.92 Å². The van der Waals surface area contributed by atoms with E-state index in [-0.39, 0.29) is 33.9 Å². The molecule has 1 aliphatic heterocycles. The number of ketones is 1. The average Bonchev–Trinajstić information content (AvgIpc) is 2.62. The molecule has 5 nitrogen and oxygen atoms in total. The van der Waals surface area contributed by atoms with Crippen molar-refractivity contribution in [1.82, 2.24) is 0 Å². The van der Waals surface area contributed by atoms with Gasteiger partial charge >= 0.3 is 0 Å². The number of ether oxygens (including phenoxy) is 1. The summed E-state index contributed by atoms with van der Waals surface area (Å²) in [5.74, 6) is -0.926. The van der Waals surface area contributed by atoms with Gasteiger partial charge in [-0.1, -0.05) is 17.7 Å². The van der Waals surface area contributed by atoms with Gasteiger partial charge in [0.25, 0.3) is 0 Å². The minimum atomic E-state index is -1.41. The highest BCUT2D eigenvalue weighted by Crippen LogP contribution is 2.42. The van der Waals surface area contributed by atoms with E-state index in [2.05, 4.69) is 0 Å². The van der Waals surface area contributed by atoms with E-state index in [1.165, 1.54) is 6.07 Å². The zero-order valence-corrected chi connectivity index (χ0v) is 14.3. The second kappa shape index (κ2) is 6.26. The van der Waals surface area contributed by atoms with Gasteiger partial charge in [-0.15, -0.1) is 0 Å². The first kappa shape index (κ1) is 17.0. The maximum atomic E-state index is 13.0. The summed E-state index contributed by atoms with van der Waals surface area (Å²) in [6.07, 6.45) is 0.992. The minimum Gasteiger partial charge on any atom is -0.507 e. The van der Waals surface area contributed by atoms with Gasteiger partial charge in [-0.05, 0) is 56.5 Å². The number of aromatic hydroxyl groups is 2. The molecule has 1 heterocycles. The molecule has 0 amide bonds. The Morgan fingerprint density at radius 1 is 1.20 bits per heavy atom. The van der Waals surface area contributed by atoms with Crippen LogP contribution in [-0.4, -0.2) is 21.1 Å². The number of rotatable bonds is 2. The normalized spacial score (nSPS) is 15.7. The molecule has 1 unspecified atom stereocenters. The summed E-state index contributed by atoms with van der Waals surface area (Å²) in [6.45, 7) is 5.63. The quantitative estimate of drug-likeness (QED) is 0.728. The molecule has 0 saturated heterocycles. The van der Waals surface area contributed by atoms with Gasteiger partial charge in [-0.2, -0.15) is 0 Å². The smallest absolute Gasteiger partial charge is 0.225 e. The number of allylic oxidation sites excluding steroid dienone is 2. The van der Waals surface area contributed by atoms with Crippen LogP contribution in [0.1, 0.15) is 52.7 Å². The van der Waals surface area contributed by atoms with Crippen molar-refractivity contribution in [2.45, 2.75) is 33.5 Å². The molecule has 130 valence electrons. The molecule has 5 heteroatoms. The Balaban J connectivity index is 2.21. The van der Waals surface area contributed by atoms with E-state index in [9.17, 15) is 20.1 Å². The molecule has 0 aromatic heterocycles. The number of carbonyl (C=O) groups excluding carboxylic acids is 1. The monoisotopic (exact) mass is 340 g/mol. The molecule has 0 spiro atoms. The van der Waals surface area contributed by atoms with Crippen LogP contribution in [0.5, 0.6) is 17.2 Å². The topological polar surface area (TPSA) is 87.0 Å². The van der Waals surface area contributed by atoms with Crippen molar-refractivity contribution in [3.8, 4) is 17.2 Å². The molecule has 2 aromatic carbocycles. The van der Waals surface area contributed by atoms with Gasteiger partial charge in [0.2, 0.25) is 12.1 Å². The third-order valence-electron chi connectivity index (χ3n) is 4.20. The molecule has 0 fully saturated rings. The van der Waals surface area contributed by atoms with Gasteiger partial charge in [0, 0.05) is 5.56 Å². The van der Waals surface area contributed by atoms with Gasteiger partial charge in [-0.25, -0.2) is 0 Å². The number of aryl methyl sites for hydroxylation is 1. The van der Waals surface area contributed by atoms with Crippen LogP contribution in [0.3, 0.4) is 0 Å². The van der Waals surface area contributed by atoms with E-state index in [1.54, 1.807) is 25.1 Å². The fraction of sp³-hybridized carbons (Fsp3) is 0.250. The number of hydrogen-bond donors (Lipinski definition) is 3. The minimum absolute atomic E-state index is 0.0448. The van der Waals surface area contributed by atoms with Crippen molar-refractivity contribution in [2.24, 2.45) is 0 Å². The van der Waals surface area contributed by atoms with Crippen molar-refractivity contribution in [1.29, 1.82) is 0 Å². The second-order valence-corrected chi connectivity index (χ2v) is 6.48. The van der Waals surface area contributed by atoms with E-state index < -0.39 is 12.1 Å². The van der Waals surface area contributed by atoms with E-state index in [0.29, 0.717) is 17.5 Å². The fourth-order valence-corrected chi connectivity index (χ4v) is 2.96. The molecule has 0 aliphatic carbocycles. The second-order valence-electron chi connectivity index (χ2n) is 6.48. The molecular weight excluding hydrogens is 320 g/mol. The Kier molecular flexibility index (Phi) is 4.27. The highest BCUT2D eigenvalue weighted by Gasteiger charge is 2.33. The molecule has 1 atom stereocenters. The van der Waals surface area contributed by atoms with Gasteiger partial charge in [0.15, 0.2) is 0 Å². The number of phenols is 2. The lowest BCUT2D eigenvalue weighted by Crippen LogP contribution is -2.08. The molecule has 2 aromatic rings. The van der Waals surface area contributed by atoms with Crippen LogP contribution in [0.4, 0.5) is 0 Å². The van der Waals surface area contributed by atoms with E-state index >= 15 is 0 Å². The Labute approximate surface area is 145 Å². The van der Waals surface area contributed by atoms with Crippen molar-refractivity contribution >= 4 is 5.78 Å². The molecule has 3 rings (SSSR count). The Morgan fingerprint density at radius 2 is 1.92 bits per heavy atom. The van der Waals surface area contributed by atoms with Crippen molar-refractivity contribution in [2.75, 3.05) is 0 Å². The predicted octanol–water partition coefficient (Wildman–Crippen LogP) is 3.53. The Hall–Kier alpha value is -2.79. The van der Waals surface area contributed by atoms with Gasteiger partial charge in [0.1, 0.15) is 22.8 Å². The fourth-order valence-electron chi connectivity index (χ4n) is 2.96. The summed E-state index contributed by atoms with van der Waals surface area (Å²) < 4.78 is 5.47. The summed E-state index contributed by atoms with van der Waals surface area (Å²) >= 11 is 0. The molecule has 25 heavy (non-hydrogen) atoms. The first-order valence-electron chi connectivity index (χ1n) is 8.00. The lowest BCUT2D eigenvalue weighted by molar-refractivity contribution is -0.0191. The van der Waals surface area contributed by atoms with Crippen LogP contribution < -0.4 is 4.74 Å². The first-order valence-corrected chi connectivity index (χ1v) is 8.00. The molecule has 3 N–H and O–H groups in total. The maximum absolute atomic E-state index is 13.0. The van der Waals surface area contributed by atoms with Crippen LogP contribution in [0.25, 0.3) is 0 Å². The lowest BCUT2D eigenvalue weighted by atomic mass is 9.93. The van der Waals surface area contributed by atoms with Gasteiger partial charge < -0.3 is 20.1 Å². The number of carbonyl (C=O) groups is 1. The average molecular weight is 340 g/mol. The van der Waals surface area contributed by atoms with Crippen molar-refractivity contribution < 1.29 is 24.9 Å². The molecule has 1 aliphatic rings. The highest BCUT2D eigenvalue weighted by molar-refractivity contribution is 6.15. The summed E-state index contributed by atoms with van der Waals surface area (Å²) in [5, 5.41) is 31.2. The van der Waals surface area contributed by atoms with Crippen molar-refractivity contribution in [3.63, 3.8) is 0 Å². The number of phenolic OH excluding ortho intramolecular Hbond substituents is 2. The maximum Gasteiger partial charge on any atom is 0.225 e. The molecule has 0 saturated carbocycles. The lowest BCUT2D eigenvalue weighted by Gasteiger charge is -2.14. The van der Waals surface area contributed by atoms with E-state index in [0.717, 1.165) is 5.57 Å². The van der Waals surface area contributed by atoms with E-state index in [1.807, 2.05) is 19.9 Å². The van der Waals surface area contributed by atoms with Crippen molar-refractivity contribution in [3.05, 3.63) is 63.7 Å². The number of fused-ring (bicyclic) bond motifs is 2. The standard InChI is InChI=1S/C20H20O5/c1-10(2)4-5-12-6-7-15-17(18(12)22)19(23)16-13(20(24)25-15)8-11(3)9-14(16)21/h4,6-9,20-22,24H,5H2,1-3H3. The zero-order valence-electron chi connectivity index (χ0n) is 14.3. The SMILES string of the molecule is CC(C)=CCc1ccc2c(c1O)C(=O)c1c(O)cc(C)cc1C(O)O2. The summed E-state index contributed by atoms with van der Waals surface area (Å²) in [5.41, 5.74) is 2.44. The number of hydrogen-bond acceptors (Lipinski definition) is 5.